The minimum absolute atomic E-state index is 0.216. The fraction of sp³-hybridized carbons (Fsp3) is 0.286. The Bertz CT molecular complexity index is 961. The van der Waals surface area contributed by atoms with Gasteiger partial charge in [0.1, 0.15) is 0 Å². The number of nitrogens with one attached hydrogen (secondary N) is 1. The Morgan fingerprint density at radius 3 is 2.59 bits per heavy atom. The Labute approximate surface area is 157 Å². The van der Waals surface area contributed by atoms with Gasteiger partial charge in [0.25, 0.3) is 5.89 Å². The highest BCUT2D eigenvalue weighted by molar-refractivity contribution is 5.71. The molecular weight excluding hydrogens is 342 g/mol. The van der Waals surface area contributed by atoms with E-state index in [0.29, 0.717) is 31.1 Å². The van der Waals surface area contributed by atoms with Crippen molar-refractivity contribution in [2.75, 3.05) is 0 Å². The molecule has 1 fully saturated rings. The second-order valence-electron chi connectivity index (χ2n) is 6.98. The first-order chi connectivity index (χ1) is 13.1. The van der Waals surface area contributed by atoms with Crippen molar-refractivity contribution in [3.8, 4) is 22.8 Å². The Morgan fingerprint density at radius 1 is 1.15 bits per heavy atom. The number of hydrogen-bond donors (Lipinski definition) is 2. The average molecular weight is 363 g/mol. The van der Waals surface area contributed by atoms with Crippen LogP contribution in [0, 0.1) is 12.8 Å². The molecule has 2 aromatic carbocycles. The molecule has 4 rings (SSSR count). The van der Waals surface area contributed by atoms with Crippen LogP contribution >= 0.6 is 0 Å². The molecule has 1 aliphatic rings. The van der Waals surface area contributed by atoms with Crippen LogP contribution in [0.1, 0.15) is 24.0 Å². The van der Waals surface area contributed by atoms with Crippen LogP contribution in [0.25, 0.3) is 22.8 Å². The number of rotatable bonds is 6. The molecule has 0 aliphatic heterocycles. The molecule has 27 heavy (non-hydrogen) atoms. The van der Waals surface area contributed by atoms with Gasteiger partial charge in [0.05, 0.1) is 5.92 Å². The Hall–Kier alpha value is -2.99. The number of hydrogen-bond acceptors (Lipinski definition) is 5. The number of carboxylic acid groups (broad SMARTS) is 1. The predicted molar refractivity (Wildman–Crippen MR) is 101 cm³/mol. The molecule has 1 aliphatic carbocycles. The monoisotopic (exact) mass is 363 g/mol. The molecule has 0 atom stereocenters. The number of aromatic nitrogens is 2. The minimum Gasteiger partial charge on any atom is -0.481 e. The Balaban J connectivity index is 1.50. The quantitative estimate of drug-likeness (QED) is 0.695. The molecule has 3 aromatic rings. The molecule has 0 bridgehead atoms. The molecule has 1 aromatic heterocycles. The normalized spacial score (nSPS) is 18.9. The maximum Gasteiger partial charge on any atom is 0.306 e. The number of aryl methyl sites for hydroxylation is 1. The average Bonchev–Trinajstić information content (AvgIpc) is 3.10. The molecule has 0 saturated heterocycles. The summed E-state index contributed by atoms with van der Waals surface area (Å²) in [6.07, 6.45) is 1.36. The summed E-state index contributed by atoms with van der Waals surface area (Å²) in [5, 5.41) is 16.6. The van der Waals surface area contributed by atoms with Crippen LogP contribution in [0.3, 0.4) is 0 Å². The van der Waals surface area contributed by atoms with Crippen molar-refractivity contribution >= 4 is 5.97 Å². The molecule has 6 heteroatoms. The van der Waals surface area contributed by atoms with Crippen LogP contribution in [0.15, 0.2) is 53.1 Å². The molecule has 6 nitrogen and oxygen atoms in total. The molecule has 0 amide bonds. The molecule has 2 N–H and O–H groups in total. The molecule has 0 unspecified atom stereocenters. The summed E-state index contributed by atoms with van der Waals surface area (Å²) >= 11 is 0. The zero-order valence-corrected chi connectivity index (χ0v) is 15.1. The standard InChI is InChI=1S/C21H21N3O3/c1-13-6-2-4-8-17(13)20-23-19(24-27-20)18-9-5-3-7-14(18)12-22-16-10-15(11-16)21(25)26/h2-9,15-16,22H,10-12H2,1H3,(H,25,26)/t15-,16+. The highest BCUT2D eigenvalue weighted by Crippen LogP contribution is 2.29. The van der Waals surface area contributed by atoms with Gasteiger partial charge >= 0.3 is 5.97 Å². The lowest BCUT2D eigenvalue weighted by molar-refractivity contribution is -0.145. The van der Waals surface area contributed by atoms with E-state index in [4.69, 9.17) is 9.63 Å². The van der Waals surface area contributed by atoms with Gasteiger partial charge in [0.15, 0.2) is 0 Å². The number of carboxylic acids is 1. The van der Waals surface area contributed by atoms with Gasteiger partial charge in [-0.25, -0.2) is 0 Å². The van der Waals surface area contributed by atoms with Crippen LogP contribution in [0.4, 0.5) is 0 Å². The second kappa shape index (κ2) is 7.32. The van der Waals surface area contributed by atoms with E-state index in [1.807, 2.05) is 55.5 Å². The van der Waals surface area contributed by atoms with Crippen molar-refractivity contribution in [1.82, 2.24) is 15.5 Å². The van der Waals surface area contributed by atoms with Crippen molar-refractivity contribution in [3.05, 3.63) is 59.7 Å². The summed E-state index contributed by atoms with van der Waals surface area (Å²) in [5.74, 6) is 0.146. The fourth-order valence-corrected chi connectivity index (χ4v) is 3.39. The number of aliphatic carboxylic acids is 1. The fourth-order valence-electron chi connectivity index (χ4n) is 3.39. The van der Waals surface area contributed by atoms with Gasteiger partial charge in [-0.05, 0) is 37.0 Å². The summed E-state index contributed by atoms with van der Waals surface area (Å²) in [7, 11) is 0. The highest BCUT2D eigenvalue weighted by Gasteiger charge is 2.34. The number of carbonyl (C=O) groups is 1. The first-order valence-corrected chi connectivity index (χ1v) is 9.06. The van der Waals surface area contributed by atoms with Crippen molar-refractivity contribution in [1.29, 1.82) is 0 Å². The predicted octanol–water partition coefficient (Wildman–Crippen LogP) is 3.66. The smallest absolute Gasteiger partial charge is 0.306 e. The number of nitrogens with zero attached hydrogens (tertiary/aromatic N) is 2. The molecule has 138 valence electrons. The third-order valence-corrected chi connectivity index (χ3v) is 5.13. The highest BCUT2D eigenvalue weighted by atomic mass is 16.5. The maximum atomic E-state index is 10.9. The second-order valence-corrected chi connectivity index (χ2v) is 6.98. The lowest BCUT2D eigenvalue weighted by Crippen LogP contribution is -2.43. The summed E-state index contributed by atoms with van der Waals surface area (Å²) in [6, 6.07) is 16.1. The molecule has 0 radical (unpaired) electrons. The zero-order chi connectivity index (χ0) is 18.8. The Morgan fingerprint density at radius 2 is 1.85 bits per heavy atom. The largest absolute Gasteiger partial charge is 0.481 e. The SMILES string of the molecule is Cc1ccccc1-c1nc(-c2ccccc2CN[C@H]2C[C@@H](C(=O)O)C2)no1. The molecule has 1 saturated carbocycles. The molecule has 1 heterocycles. The van der Waals surface area contributed by atoms with Gasteiger partial charge in [-0.2, -0.15) is 4.98 Å². The van der Waals surface area contributed by atoms with Crippen molar-refractivity contribution in [3.63, 3.8) is 0 Å². The van der Waals surface area contributed by atoms with E-state index >= 15 is 0 Å². The third kappa shape index (κ3) is 3.61. The minimum atomic E-state index is -0.705. The van der Waals surface area contributed by atoms with Gasteiger partial charge in [0, 0.05) is 23.7 Å². The molecular formula is C21H21N3O3. The van der Waals surface area contributed by atoms with E-state index in [2.05, 4.69) is 15.5 Å². The van der Waals surface area contributed by atoms with E-state index in [1.165, 1.54) is 0 Å². The summed E-state index contributed by atoms with van der Waals surface area (Å²) in [4.78, 5) is 15.5. The van der Waals surface area contributed by atoms with Crippen LogP contribution in [-0.2, 0) is 11.3 Å². The van der Waals surface area contributed by atoms with Gasteiger partial charge in [0.2, 0.25) is 5.82 Å². The summed E-state index contributed by atoms with van der Waals surface area (Å²) in [5.41, 5.74) is 4.00. The first kappa shape index (κ1) is 17.4. The third-order valence-electron chi connectivity index (χ3n) is 5.13. The van der Waals surface area contributed by atoms with E-state index in [1.54, 1.807) is 0 Å². The topological polar surface area (TPSA) is 88.2 Å². The van der Waals surface area contributed by atoms with Crippen LogP contribution < -0.4 is 5.32 Å². The Kier molecular flexibility index (Phi) is 4.73. The van der Waals surface area contributed by atoms with E-state index in [0.717, 1.165) is 22.3 Å². The summed E-state index contributed by atoms with van der Waals surface area (Å²) < 4.78 is 5.49. The lowest BCUT2D eigenvalue weighted by Gasteiger charge is -2.33. The first-order valence-electron chi connectivity index (χ1n) is 9.06. The van der Waals surface area contributed by atoms with Crippen LogP contribution in [-0.4, -0.2) is 27.3 Å². The molecule has 0 spiro atoms. The van der Waals surface area contributed by atoms with Gasteiger partial charge in [-0.1, -0.05) is 47.6 Å². The van der Waals surface area contributed by atoms with Gasteiger partial charge < -0.3 is 14.9 Å². The maximum absolute atomic E-state index is 10.9. The van der Waals surface area contributed by atoms with Crippen molar-refractivity contribution in [2.45, 2.75) is 32.4 Å². The summed E-state index contributed by atoms with van der Waals surface area (Å²) in [6.45, 7) is 2.65. The van der Waals surface area contributed by atoms with Crippen molar-refractivity contribution in [2.24, 2.45) is 5.92 Å². The lowest BCUT2D eigenvalue weighted by atomic mass is 9.80. The van der Waals surface area contributed by atoms with E-state index in [-0.39, 0.29) is 12.0 Å². The van der Waals surface area contributed by atoms with Crippen molar-refractivity contribution < 1.29 is 14.4 Å². The van der Waals surface area contributed by atoms with Crippen LogP contribution in [0.5, 0.6) is 0 Å². The van der Waals surface area contributed by atoms with E-state index in [9.17, 15) is 4.79 Å². The van der Waals surface area contributed by atoms with Gasteiger partial charge in [-0.3, -0.25) is 4.79 Å². The zero-order valence-electron chi connectivity index (χ0n) is 15.1. The van der Waals surface area contributed by atoms with E-state index < -0.39 is 5.97 Å². The number of benzene rings is 2. The van der Waals surface area contributed by atoms with Gasteiger partial charge in [-0.15, -0.1) is 0 Å². The van der Waals surface area contributed by atoms with Crippen LogP contribution in [0.2, 0.25) is 0 Å².